The molecule has 0 aliphatic heterocycles. The Morgan fingerprint density at radius 2 is 2.00 bits per heavy atom. The van der Waals surface area contributed by atoms with Crippen molar-refractivity contribution in [3.8, 4) is 6.07 Å². The molecule has 0 saturated heterocycles. The van der Waals surface area contributed by atoms with E-state index in [0.717, 1.165) is 14.9 Å². The quantitative estimate of drug-likeness (QED) is 0.592. The van der Waals surface area contributed by atoms with Crippen molar-refractivity contribution in [1.82, 2.24) is 0 Å². The molecular formula is C16H12BrNO2S. The van der Waals surface area contributed by atoms with Crippen LogP contribution in [0.1, 0.15) is 11.1 Å². The van der Waals surface area contributed by atoms with Crippen LogP contribution >= 0.6 is 27.7 Å². The van der Waals surface area contributed by atoms with Gasteiger partial charge in [0, 0.05) is 9.37 Å². The molecule has 2 rings (SSSR count). The van der Waals surface area contributed by atoms with Crippen molar-refractivity contribution in [2.24, 2.45) is 0 Å². The zero-order chi connectivity index (χ0) is 15.1. The van der Waals surface area contributed by atoms with Gasteiger partial charge in [-0.25, -0.2) is 0 Å². The van der Waals surface area contributed by atoms with Crippen LogP contribution in [-0.2, 0) is 16.1 Å². The van der Waals surface area contributed by atoms with Gasteiger partial charge in [0.2, 0.25) is 0 Å². The fourth-order valence-electron chi connectivity index (χ4n) is 1.61. The van der Waals surface area contributed by atoms with Crippen LogP contribution in [0.25, 0.3) is 0 Å². The van der Waals surface area contributed by atoms with Gasteiger partial charge < -0.3 is 4.74 Å². The first-order valence-electron chi connectivity index (χ1n) is 6.20. The predicted octanol–water partition coefficient (Wildman–Crippen LogP) is 4.16. The van der Waals surface area contributed by atoms with Gasteiger partial charge in [0.05, 0.1) is 17.4 Å². The average molecular weight is 362 g/mol. The molecule has 0 aromatic heterocycles. The number of rotatable bonds is 5. The summed E-state index contributed by atoms with van der Waals surface area (Å²) >= 11 is 4.80. The molecule has 0 atom stereocenters. The van der Waals surface area contributed by atoms with Gasteiger partial charge in [0.1, 0.15) is 6.61 Å². The van der Waals surface area contributed by atoms with E-state index in [0.29, 0.717) is 5.56 Å². The van der Waals surface area contributed by atoms with Crippen molar-refractivity contribution >= 4 is 33.7 Å². The van der Waals surface area contributed by atoms with Gasteiger partial charge in [0.15, 0.2) is 0 Å². The third kappa shape index (κ3) is 5.25. The van der Waals surface area contributed by atoms with E-state index in [-0.39, 0.29) is 18.3 Å². The number of halogens is 1. The van der Waals surface area contributed by atoms with Gasteiger partial charge in [-0.2, -0.15) is 5.26 Å². The van der Waals surface area contributed by atoms with Crippen LogP contribution in [0.5, 0.6) is 0 Å². The van der Waals surface area contributed by atoms with Crippen molar-refractivity contribution in [3.63, 3.8) is 0 Å². The number of carbonyl (C=O) groups is 1. The molecule has 2 aromatic carbocycles. The molecule has 0 aliphatic rings. The molecule has 0 heterocycles. The molecule has 0 N–H and O–H groups in total. The summed E-state index contributed by atoms with van der Waals surface area (Å²) in [7, 11) is 0. The molecule has 0 spiro atoms. The van der Waals surface area contributed by atoms with Crippen molar-refractivity contribution in [2.75, 3.05) is 5.75 Å². The maximum atomic E-state index is 11.7. The Kier molecular flexibility index (Phi) is 5.85. The van der Waals surface area contributed by atoms with E-state index in [4.69, 9.17) is 10.00 Å². The summed E-state index contributed by atoms with van der Waals surface area (Å²) in [6, 6.07) is 16.8. The van der Waals surface area contributed by atoms with Crippen molar-refractivity contribution in [2.45, 2.75) is 11.5 Å². The monoisotopic (exact) mass is 361 g/mol. The van der Waals surface area contributed by atoms with Crippen LogP contribution < -0.4 is 0 Å². The lowest BCUT2D eigenvalue weighted by atomic mass is 10.1. The van der Waals surface area contributed by atoms with E-state index in [1.807, 2.05) is 30.3 Å². The van der Waals surface area contributed by atoms with E-state index in [2.05, 4.69) is 22.0 Å². The molecule has 3 nitrogen and oxygen atoms in total. The number of benzene rings is 2. The molecule has 106 valence electrons. The molecule has 0 bridgehead atoms. The van der Waals surface area contributed by atoms with E-state index in [1.165, 1.54) is 11.8 Å². The average Bonchev–Trinajstić information content (AvgIpc) is 2.52. The summed E-state index contributed by atoms with van der Waals surface area (Å²) in [6.45, 7) is 0.190. The minimum Gasteiger partial charge on any atom is -0.460 e. The Labute approximate surface area is 136 Å². The van der Waals surface area contributed by atoms with E-state index in [9.17, 15) is 4.79 Å². The number of thioether (sulfide) groups is 1. The SMILES string of the molecule is N#Cc1cccc(COC(=O)CSc2ccc(Br)cc2)c1. The summed E-state index contributed by atoms with van der Waals surface area (Å²) in [5, 5.41) is 8.80. The van der Waals surface area contributed by atoms with Crippen molar-refractivity contribution < 1.29 is 9.53 Å². The maximum absolute atomic E-state index is 11.7. The highest BCUT2D eigenvalue weighted by Crippen LogP contribution is 2.20. The van der Waals surface area contributed by atoms with Gasteiger partial charge >= 0.3 is 5.97 Å². The Morgan fingerprint density at radius 1 is 1.24 bits per heavy atom. The fraction of sp³-hybridized carbons (Fsp3) is 0.125. The second kappa shape index (κ2) is 7.87. The molecule has 0 radical (unpaired) electrons. The number of nitriles is 1. The lowest BCUT2D eigenvalue weighted by Crippen LogP contribution is -2.07. The lowest BCUT2D eigenvalue weighted by molar-refractivity contribution is -0.141. The maximum Gasteiger partial charge on any atom is 0.316 e. The van der Waals surface area contributed by atoms with E-state index in [1.54, 1.807) is 18.2 Å². The smallest absolute Gasteiger partial charge is 0.316 e. The Morgan fingerprint density at radius 3 is 2.71 bits per heavy atom. The molecule has 5 heteroatoms. The zero-order valence-electron chi connectivity index (χ0n) is 11.1. The second-order valence-electron chi connectivity index (χ2n) is 4.22. The molecular weight excluding hydrogens is 350 g/mol. The Balaban J connectivity index is 1.79. The van der Waals surface area contributed by atoms with Crippen LogP contribution in [0.2, 0.25) is 0 Å². The molecule has 2 aromatic rings. The minimum atomic E-state index is -0.273. The standard InChI is InChI=1S/C16H12BrNO2S/c17-14-4-6-15(7-5-14)21-11-16(19)20-10-13-3-1-2-12(8-13)9-18/h1-8H,10-11H2. The lowest BCUT2D eigenvalue weighted by Gasteiger charge is -2.05. The summed E-state index contributed by atoms with van der Waals surface area (Å²) in [4.78, 5) is 12.7. The summed E-state index contributed by atoms with van der Waals surface area (Å²) in [6.07, 6.45) is 0. The van der Waals surface area contributed by atoms with Crippen molar-refractivity contribution in [1.29, 1.82) is 5.26 Å². The number of carbonyl (C=O) groups excluding carboxylic acids is 1. The Bertz CT molecular complexity index is 665. The number of nitrogens with zero attached hydrogens (tertiary/aromatic N) is 1. The largest absolute Gasteiger partial charge is 0.460 e. The van der Waals surface area contributed by atoms with Gasteiger partial charge in [-0.1, -0.05) is 28.1 Å². The van der Waals surface area contributed by atoms with Gasteiger partial charge in [-0.05, 0) is 42.0 Å². The first-order valence-corrected chi connectivity index (χ1v) is 7.98. The molecule has 0 unspecified atom stereocenters. The highest BCUT2D eigenvalue weighted by atomic mass is 79.9. The molecule has 0 saturated carbocycles. The highest BCUT2D eigenvalue weighted by molar-refractivity contribution is 9.10. The molecule has 0 aliphatic carbocycles. The number of esters is 1. The molecule has 0 amide bonds. The van der Waals surface area contributed by atoms with Crippen LogP contribution in [0, 0.1) is 11.3 Å². The summed E-state index contributed by atoms with van der Waals surface area (Å²) in [5.41, 5.74) is 1.38. The normalized spacial score (nSPS) is 9.90. The Hall–Kier alpha value is -1.77. The van der Waals surface area contributed by atoms with E-state index < -0.39 is 0 Å². The number of hydrogen-bond acceptors (Lipinski definition) is 4. The third-order valence-corrected chi connectivity index (χ3v) is 4.14. The summed E-state index contributed by atoms with van der Waals surface area (Å²) in [5.74, 6) is -0.00942. The molecule has 21 heavy (non-hydrogen) atoms. The van der Waals surface area contributed by atoms with Gasteiger partial charge in [-0.15, -0.1) is 11.8 Å². The highest BCUT2D eigenvalue weighted by Gasteiger charge is 2.05. The first kappa shape index (κ1) is 15.6. The third-order valence-electron chi connectivity index (χ3n) is 2.63. The zero-order valence-corrected chi connectivity index (χ0v) is 13.5. The second-order valence-corrected chi connectivity index (χ2v) is 6.18. The fourth-order valence-corrected chi connectivity index (χ4v) is 2.57. The predicted molar refractivity (Wildman–Crippen MR) is 85.8 cm³/mol. The summed E-state index contributed by atoms with van der Waals surface area (Å²) < 4.78 is 6.20. The van der Waals surface area contributed by atoms with Gasteiger partial charge in [0.25, 0.3) is 0 Å². The van der Waals surface area contributed by atoms with Crippen molar-refractivity contribution in [3.05, 3.63) is 64.1 Å². The molecule has 0 fully saturated rings. The van der Waals surface area contributed by atoms with E-state index >= 15 is 0 Å². The topological polar surface area (TPSA) is 50.1 Å². The van der Waals surface area contributed by atoms with Gasteiger partial charge in [-0.3, -0.25) is 4.79 Å². The number of ether oxygens (including phenoxy) is 1. The first-order chi connectivity index (χ1) is 10.2. The van der Waals surface area contributed by atoms with Crippen LogP contribution in [0.4, 0.5) is 0 Å². The van der Waals surface area contributed by atoms with Crippen LogP contribution in [0.3, 0.4) is 0 Å². The number of hydrogen-bond donors (Lipinski definition) is 0. The van der Waals surface area contributed by atoms with Crippen LogP contribution in [-0.4, -0.2) is 11.7 Å². The van der Waals surface area contributed by atoms with Crippen LogP contribution in [0.15, 0.2) is 57.9 Å². The minimum absolute atomic E-state index is 0.190.